The van der Waals surface area contributed by atoms with Crippen molar-refractivity contribution < 1.29 is 9.53 Å². The van der Waals surface area contributed by atoms with Gasteiger partial charge in [0.2, 0.25) is 0 Å². The maximum atomic E-state index is 11.4. The molecule has 0 saturated carbocycles. The van der Waals surface area contributed by atoms with Gasteiger partial charge < -0.3 is 4.74 Å². The van der Waals surface area contributed by atoms with Gasteiger partial charge in [0.15, 0.2) is 5.69 Å². The molecule has 86 valence electrons. The van der Waals surface area contributed by atoms with Gasteiger partial charge in [-0.3, -0.25) is 4.98 Å². The van der Waals surface area contributed by atoms with Gasteiger partial charge in [0.1, 0.15) is 5.82 Å². The monoisotopic (exact) mass is 229 g/mol. The first kappa shape index (κ1) is 11.2. The van der Waals surface area contributed by atoms with E-state index in [1.807, 2.05) is 18.2 Å². The van der Waals surface area contributed by atoms with E-state index in [-0.39, 0.29) is 5.69 Å². The normalized spacial score (nSPS) is 10.0. The summed E-state index contributed by atoms with van der Waals surface area (Å²) in [6.07, 6.45) is 1.67. The Bertz CT molecular complexity index is 541. The van der Waals surface area contributed by atoms with Crippen molar-refractivity contribution in [1.29, 1.82) is 0 Å². The van der Waals surface area contributed by atoms with Crippen LogP contribution in [-0.2, 0) is 4.74 Å². The van der Waals surface area contributed by atoms with Gasteiger partial charge in [-0.2, -0.15) is 0 Å². The highest BCUT2D eigenvalue weighted by atomic mass is 16.5. The standard InChI is InChI=1S/C12H11N3O2/c1-8-14-10(9-5-3-4-6-13-9)7-11(15-8)12(16)17-2/h3-7H,1-2H3. The van der Waals surface area contributed by atoms with Crippen molar-refractivity contribution in [3.63, 3.8) is 0 Å². The molecule has 0 aliphatic heterocycles. The van der Waals surface area contributed by atoms with Crippen LogP contribution in [0.5, 0.6) is 0 Å². The Labute approximate surface area is 98.5 Å². The molecule has 2 heterocycles. The molecule has 0 spiro atoms. The van der Waals surface area contributed by atoms with Crippen molar-refractivity contribution in [2.24, 2.45) is 0 Å². The van der Waals surface area contributed by atoms with Gasteiger partial charge in [-0.15, -0.1) is 0 Å². The lowest BCUT2D eigenvalue weighted by molar-refractivity contribution is 0.0593. The van der Waals surface area contributed by atoms with E-state index in [9.17, 15) is 4.79 Å². The fourth-order valence-electron chi connectivity index (χ4n) is 1.42. The van der Waals surface area contributed by atoms with Crippen molar-refractivity contribution in [2.75, 3.05) is 7.11 Å². The molecule has 5 heteroatoms. The first-order chi connectivity index (χ1) is 8.20. The van der Waals surface area contributed by atoms with Crippen LogP contribution >= 0.6 is 0 Å². The Morgan fingerprint density at radius 3 is 2.71 bits per heavy atom. The number of carbonyl (C=O) groups excluding carboxylic acids is 1. The molecule has 0 aliphatic rings. The molecule has 2 rings (SSSR count). The summed E-state index contributed by atoms with van der Waals surface area (Å²) in [6, 6.07) is 7.07. The van der Waals surface area contributed by atoms with E-state index in [4.69, 9.17) is 0 Å². The largest absolute Gasteiger partial charge is 0.464 e. The van der Waals surface area contributed by atoms with Gasteiger partial charge in [0.25, 0.3) is 0 Å². The Morgan fingerprint density at radius 1 is 1.24 bits per heavy atom. The number of aryl methyl sites for hydroxylation is 1. The third kappa shape index (κ3) is 2.44. The van der Waals surface area contributed by atoms with Crippen LogP contribution in [0.1, 0.15) is 16.3 Å². The van der Waals surface area contributed by atoms with E-state index in [0.29, 0.717) is 17.2 Å². The summed E-state index contributed by atoms with van der Waals surface area (Å²) in [5.41, 5.74) is 1.54. The summed E-state index contributed by atoms with van der Waals surface area (Å²) in [7, 11) is 1.32. The highest BCUT2D eigenvalue weighted by Gasteiger charge is 2.11. The van der Waals surface area contributed by atoms with Gasteiger partial charge in [0, 0.05) is 6.20 Å². The summed E-state index contributed by atoms with van der Waals surface area (Å²) < 4.78 is 4.63. The number of ether oxygens (including phenoxy) is 1. The third-order valence-corrected chi connectivity index (χ3v) is 2.16. The van der Waals surface area contributed by atoms with Gasteiger partial charge in [-0.1, -0.05) is 6.07 Å². The fourth-order valence-corrected chi connectivity index (χ4v) is 1.42. The molecular formula is C12H11N3O2. The van der Waals surface area contributed by atoms with Gasteiger partial charge in [-0.25, -0.2) is 14.8 Å². The first-order valence-corrected chi connectivity index (χ1v) is 5.06. The molecule has 5 nitrogen and oxygen atoms in total. The molecule has 0 aliphatic carbocycles. The number of aromatic nitrogens is 3. The van der Waals surface area contributed by atoms with Crippen LogP contribution in [0, 0.1) is 6.92 Å². The molecule has 2 aromatic heterocycles. The number of hydrogen-bond acceptors (Lipinski definition) is 5. The molecule has 0 aromatic carbocycles. The molecular weight excluding hydrogens is 218 g/mol. The van der Waals surface area contributed by atoms with E-state index < -0.39 is 5.97 Å². The zero-order valence-electron chi connectivity index (χ0n) is 9.54. The number of rotatable bonds is 2. The Balaban J connectivity index is 2.49. The van der Waals surface area contributed by atoms with Crippen LogP contribution in [0.15, 0.2) is 30.5 Å². The average molecular weight is 229 g/mol. The van der Waals surface area contributed by atoms with Crippen molar-refractivity contribution in [3.05, 3.63) is 42.0 Å². The Morgan fingerprint density at radius 2 is 2.06 bits per heavy atom. The van der Waals surface area contributed by atoms with E-state index in [0.717, 1.165) is 0 Å². The van der Waals surface area contributed by atoms with Gasteiger partial charge in [0.05, 0.1) is 18.5 Å². The summed E-state index contributed by atoms with van der Waals surface area (Å²) in [5.74, 6) is 0.0289. The predicted octanol–water partition coefficient (Wildman–Crippen LogP) is 1.63. The zero-order chi connectivity index (χ0) is 12.3. The van der Waals surface area contributed by atoms with Gasteiger partial charge in [-0.05, 0) is 25.1 Å². The average Bonchev–Trinajstić information content (AvgIpc) is 2.38. The molecule has 0 bridgehead atoms. The Kier molecular flexibility index (Phi) is 3.09. The first-order valence-electron chi connectivity index (χ1n) is 5.06. The lowest BCUT2D eigenvalue weighted by Gasteiger charge is -2.04. The fraction of sp³-hybridized carbons (Fsp3) is 0.167. The predicted molar refractivity (Wildman–Crippen MR) is 61.3 cm³/mol. The maximum Gasteiger partial charge on any atom is 0.356 e. The van der Waals surface area contributed by atoms with Crippen LogP contribution in [-0.4, -0.2) is 28.0 Å². The number of carbonyl (C=O) groups is 1. The third-order valence-electron chi connectivity index (χ3n) is 2.16. The number of pyridine rings is 1. The summed E-state index contributed by atoms with van der Waals surface area (Å²) in [5, 5.41) is 0. The summed E-state index contributed by atoms with van der Waals surface area (Å²) in [6.45, 7) is 1.72. The molecule has 17 heavy (non-hydrogen) atoms. The minimum atomic E-state index is -0.479. The quantitative estimate of drug-likeness (QED) is 0.732. The van der Waals surface area contributed by atoms with Crippen molar-refractivity contribution in [2.45, 2.75) is 6.92 Å². The maximum absolute atomic E-state index is 11.4. The SMILES string of the molecule is COC(=O)c1cc(-c2ccccn2)nc(C)n1. The van der Waals surface area contributed by atoms with Crippen LogP contribution in [0.2, 0.25) is 0 Å². The highest BCUT2D eigenvalue weighted by molar-refractivity contribution is 5.88. The summed E-state index contributed by atoms with van der Waals surface area (Å²) >= 11 is 0. The Hall–Kier alpha value is -2.30. The molecule has 0 radical (unpaired) electrons. The topological polar surface area (TPSA) is 65.0 Å². The second-order valence-electron chi connectivity index (χ2n) is 3.39. The van der Waals surface area contributed by atoms with E-state index in [1.165, 1.54) is 7.11 Å². The number of esters is 1. The van der Waals surface area contributed by atoms with E-state index in [2.05, 4.69) is 19.7 Å². The number of methoxy groups -OCH3 is 1. The van der Waals surface area contributed by atoms with Crippen molar-refractivity contribution >= 4 is 5.97 Å². The lowest BCUT2D eigenvalue weighted by Crippen LogP contribution is -2.07. The highest BCUT2D eigenvalue weighted by Crippen LogP contribution is 2.15. The smallest absolute Gasteiger partial charge is 0.356 e. The van der Waals surface area contributed by atoms with Crippen LogP contribution in [0.4, 0.5) is 0 Å². The second kappa shape index (κ2) is 4.69. The van der Waals surface area contributed by atoms with E-state index in [1.54, 1.807) is 19.2 Å². The molecule has 0 unspecified atom stereocenters. The number of hydrogen-bond donors (Lipinski definition) is 0. The van der Waals surface area contributed by atoms with Crippen molar-refractivity contribution in [1.82, 2.24) is 15.0 Å². The van der Waals surface area contributed by atoms with Crippen LogP contribution in [0.25, 0.3) is 11.4 Å². The summed E-state index contributed by atoms with van der Waals surface area (Å²) in [4.78, 5) is 23.8. The van der Waals surface area contributed by atoms with E-state index >= 15 is 0 Å². The minimum Gasteiger partial charge on any atom is -0.464 e. The molecule has 0 fully saturated rings. The second-order valence-corrected chi connectivity index (χ2v) is 3.39. The molecule has 0 N–H and O–H groups in total. The molecule has 2 aromatic rings. The van der Waals surface area contributed by atoms with Crippen LogP contribution in [0.3, 0.4) is 0 Å². The molecule has 0 saturated heterocycles. The molecule has 0 atom stereocenters. The minimum absolute atomic E-state index is 0.237. The van der Waals surface area contributed by atoms with Gasteiger partial charge >= 0.3 is 5.97 Å². The lowest BCUT2D eigenvalue weighted by atomic mass is 10.2. The number of nitrogens with zero attached hydrogens (tertiary/aromatic N) is 3. The zero-order valence-corrected chi connectivity index (χ0v) is 9.54. The van der Waals surface area contributed by atoms with Crippen molar-refractivity contribution in [3.8, 4) is 11.4 Å². The molecule has 0 amide bonds. The van der Waals surface area contributed by atoms with Crippen LogP contribution < -0.4 is 0 Å².